The zero-order chi connectivity index (χ0) is 15.9. The first-order valence-corrected chi connectivity index (χ1v) is 8.26. The highest BCUT2D eigenvalue weighted by atomic mass is 35.5. The molecule has 1 aliphatic heterocycles. The molecule has 0 aliphatic carbocycles. The van der Waals surface area contributed by atoms with Gasteiger partial charge in [0.05, 0.1) is 6.04 Å². The summed E-state index contributed by atoms with van der Waals surface area (Å²) in [6.45, 7) is 4.92. The Hall–Kier alpha value is -0.810. The van der Waals surface area contributed by atoms with E-state index >= 15 is 0 Å². The number of likely N-dealkylation sites (N-methyl/N-ethyl adjacent to an activating group) is 1. The molecule has 0 spiro atoms. The van der Waals surface area contributed by atoms with Gasteiger partial charge in [0.15, 0.2) is 0 Å². The lowest BCUT2D eigenvalue weighted by atomic mass is 10.0. The molecule has 138 valence electrons. The van der Waals surface area contributed by atoms with Gasteiger partial charge in [-0.3, -0.25) is 4.79 Å². The maximum absolute atomic E-state index is 12.1. The van der Waals surface area contributed by atoms with Gasteiger partial charge in [-0.2, -0.15) is 0 Å². The molecule has 0 aromatic heterocycles. The summed E-state index contributed by atoms with van der Waals surface area (Å²) in [6, 6.07) is 8.77. The number of hydrogen-bond acceptors (Lipinski definition) is 3. The van der Waals surface area contributed by atoms with Crippen molar-refractivity contribution in [2.45, 2.75) is 32.2 Å². The Morgan fingerprint density at radius 1 is 1.29 bits per heavy atom. The monoisotopic (exact) mass is 375 g/mol. The average molecular weight is 376 g/mol. The van der Waals surface area contributed by atoms with E-state index in [9.17, 15) is 4.79 Å². The van der Waals surface area contributed by atoms with Crippen molar-refractivity contribution in [3.8, 4) is 0 Å². The van der Waals surface area contributed by atoms with Crippen molar-refractivity contribution in [2.75, 3.05) is 33.7 Å². The van der Waals surface area contributed by atoms with Gasteiger partial charge in [0.25, 0.3) is 0 Å². The van der Waals surface area contributed by atoms with Crippen LogP contribution in [0.3, 0.4) is 0 Å². The zero-order valence-corrected chi connectivity index (χ0v) is 16.5. The second-order valence-electron chi connectivity index (χ2n) is 6.59. The van der Waals surface area contributed by atoms with Gasteiger partial charge in [-0.15, -0.1) is 24.8 Å². The minimum atomic E-state index is 0. The molecule has 1 heterocycles. The summed E-state index contributed by atoms with van der Waals surface area (Å²) in [5, 5.41) is 6.45. The molecule has 1 saturated heterocycles. The molecule has 6 heteroatoms. The average Bonchev–Trinajstić information content (AvgIpc) is 3.00. The second kappa shape index (κ2) is 11.7. The number of nitrogens with zero attached hydrogens (tertiary/aromatic N) is 1. The van der Waals surface area contributed by atoms with Crippen molar-refractivity contribution in [3.63, 3.8) is 0 Å². The second-order valence-corrected chi connectivity index (χ2v) is 6.59. The molecule has 0 saturated carbocycles. The van der Waals surface area contributed by atoms with E-state index in [1.54, 1.807) is 0 Å². The normalized spacial score (nSPS) is 17.8. The van der Waals surface area contributed by atoms with Crippen molar-refractivity contribution in [1.29, 1.82) is 0 Å². The summed E-state index contributed by atoms with van der Waals surface area (Å²) in [4.78, 5) is 14.2. The number of hydrogen-bond donors (Lipinski definition) is 2. The Morgan fingerprint density at radius 3 is 2.50 bits per heavy atom. The lowest BCUT2D eigenvalue weighted by Crippen LogP contribution is -2.34. The quantitative estimate of drug-likeness (QED) is 0.769. The van der Waals surface area contributed by atoms with Crippen LogP contribution in [0.1, 0.15) is 36.4 Å². The van der Waals surface area contributed by atoms with E-state index in [0.717, 1.165) is 19.5 Å². The maximum atomic E-state index is 12.1. The molecule has 2 N–H and O–H groups in total. The lowest BCUT2D eigenvalue weighted by molar-refractivity contribution is -0.121. The zero-order valence-electron chi connectivity index (χ0n) is 14.9. The molecule has 2 unspecified atom stereocenters. The predicted octanol–water partition coefficient (Wildman–Crippen LogP) is 2.95. The smallest absolute Gasteiger partial charge is 0.220 e. The Kier molecular flexibility index (Phi) is 11.3. The number of aryl methyl sites for hydroxylation is 1. The Balaban J connectivity index is 0.00000264. The number of halogens is 2. The summed E-state index contributed by atoms with van der Waals surface area (Å²) >= 11 is 0. The van der Waals surface area contributed by atoms with Crippen LogP contribution in [0.25, 0.3) is 0 Å². The van der Waals surface area contributed by atoms with Gasteiger partial charge in [-0.1, -0.05) is 29.8 Å². The van der Waals surface area contributed by atoms with Crippen LogP contribution in [-0.2, 0) is 4.79 Å². The number of amides is 1. The van der Waals surface area contributed by atoms with Gasteiger partial charge >= 0.3 is 0 Å². The van der Waals surface area contributed by atoms with Crippen LogP contribution in [0.5, 0.6) is 0 Å². The van der Waals surface area contributed by atoms with Crippen molar-refractivity contribution >= 4 is 30.7 Å². The standard InChI is InChI=1S/C18H29N3O.2ClH/c1-14-4-7-16(8-5-14)17(21(2)3)13-20-18(22)9-6-15-10-11-19-12-15;;/h4-5,7-8,15,17,19H,6,9-13H2,1-3H3,(H,20,22);2*1H. The SMILES string of the molecule is Cc1ccc(C(CNC(=O)CCC2CCNC2)N(C)C)cc1.Cl.Cl. The van der Waals surface area contributed by atoms with E-state index in [-0.39, 0.29) is 36.8 Å². The van der Waals surface area contributed by atoms with E-state index < -0.39 is 0 Å². The maximum Gasteiger partial charge on any atom is 0.220 e. The molecule has 1 aromatic rings. The third-order valence-corrected chi connectivity index (χ3v) is 4.52. The van der Waals surface area contributed by atoms with Gasteiger partial charge in [0, 0.05) is 13.0 Å². The first-order valence-electron chi connectivity index (χ1n) is 8.26. The van der Waals surface area contributed by atoms with Gasteiger partial charge in [-0.05, 0) is 58.4 Å². The third-order valence-electron chi connectivity index (χ3n) is 4.52. The van der Waals surface area contributed by atoms with Gasteiger partial charge in [0.2, 0.25) is 5.91 Å². The summed E-state index contributed by atoms with van der Waals surface area (Å²) in [5.74, 6) is 0.846. The molecule has 0 radical (unpaired) electrons. The van der Waals surface area contributed by atoms with Crippen LogP contribution >= 0.6 is 24.8 Å². The highest BCUT2D eigenvalue weighted by molar-refractivity contribution is 5.85. The molecule has 2 atom stereocenters. The minimum absolute atomic E-state index is 0. The Morgan fingerprint density at radius 2 is 1.96 bits per heavy atom. The van der Waals surface area contributed by atoms with E-state index in [1.807, 2.05) is 0 Å². The van der Waals surface area contributed by atoms with Gasteiger partial charge in [-0.25, -0.2) is 0 Å². The van der Waals surface area contributed by atoms with Crippen LogP contribution in [0.15, 0.2) is 24.3 Å². The van der Waals surface area contributed by atoms with Crippen LogP contribution in [0, 0.1) is 12.8 Å². The molecule has 1 fully saturated rings. The van der Waals surface area contributed by atoms with Gasteiger partial charge in [0.1, 0.15) is 0 Å². The van der Waals surface area contributed by atoms with Crippen LogP contribution in [0.4, 0.5) is 0 Å². The Labute approximate surface area is 158 Å². The van der Waals surface area contributed by atoms with Crippen molar-refractivity contribution in [2.24, 2.45) is 5.92 Å². The van der Waals surface area contributed by atoms with Gasteiger partial charge < -0.3 is 15.5 Å². The summed E-state index contributed by atoms with van der Waals surface area (Å²) in [6.07, 6.45) is 2.84. The van der Waals surface area contributed by atoms with Crippen LogP contribution in [-0.4, -0.2) is 44.5 Å². The lowest BCUT2D eigenvalue weighted by Gasteiger charge is -2.25. The molecule has 1 amide bonds. The van der Waals surface area contributed by atoms with E-state index in [1.165, 1.54) is 17.5 Å². The van der Waals surface area contributed by atoms with Crippen molar-refractivity contribution in [1.82, 2.24) is 15.5 Å². The number of nitrogens with one attached hydrogen (secondary N) is 2. The number of carbonyl (C=O) groups excluding carboxylic acids is 1. The summed E-state index contributed by atoms with van der Waals surface area (Å²) < 4.78 is 0. The molecule has 1 aliphatic rings. The summed E-state index contributed by atoms with van der Waals surface area (Å²) in [7, 11) is 4.11. The van der Waals surface area contributed by atoms with E-state index in [0.29, 0.717) is 18.9 Å². The number of carbonyl (C=O) groups is 1. The molecule has 2 rings (SSSR count). The number of benzene rings is 1. The highest BCUT2D eigenvalue weighted by Crippen LogP contribution is 2.18. The van der Waals surface area contributed by atoms with Crippen LogP contribution in [0.2, 0.25) is 0 Å². The molecule has 24 heavy (non-hydrogen) atoms. The fourth-order valence-electron chi connectivity index (χ4n) is 2.98. The van der Waals surface area contributed by atoms with E-state index in [2.05, 4.69) is 60.8 Å². The topological polar surface area (TPSA) is 44.4 Å². The highest BCUT2D eigenvalue weighted by Gasteiger charge is 2.18. The fraction of sp³-hybridized carbons (Fsp3) is 0.611. The fourth-order valence-corrected chi connectivity index (χ4v) is 2.98. The van der Waals surface area contributed by atoms with Crippen molar-refractivity contribution in [3.05, 3.63) is 35.4 Å². The third kappa shape index (κ3) is 7.39. The van der Waals surface area contributed by atoms with E-state index in [4.69, 9.17) is 0 Å². The summed E-state index contributed by atoms with van der Waals surface area (Å²) in [5.41, 5.74) is 2.51. The largest absolute Gasteiger partial charge is 0.354 e. The molecule has 0 bridgehead atoms. The first-order chi connectivity index (χ1) is 10.6. The first kappa shape index (κ1) is 23.2. The Bertz CT molecular complexity index is 474. The molecule has 1 aromatic carbocycles. The predicted molar refractivity (Wildman–Crippen MR) is 105 cm³/mol. The minimum Gasteiger partial charge on any atom is -0.354 e. The molecular weight excluding hydrogens is 345 g/mol. The number of rotatable bonds is 7. The molecule has 4 nitrogen and oxygen atoms in total. The molecular formula is C18H31Cl2N3O. The van der Waals surface area contributed by atoms with Crippen molar-refractivity contribution < 1.29 is 4.79 Å². The van der Waals surface area contributed by atoms with Crippen LogP contribution < -0.4 is 10.6 Å².